The minimum absolute atomic E-state index is 1.08. The van der Waals surface area contributed by atoms with Crippen molar-refractivity contribution < 1.29 is 0 Å². The second-order valence-electron chi connectivity index (χ2n) is 3.24. The van der Waals surface area contributed by atoms with Crippen molar-refractivity contribution in [3.63, 3.8) is 0 Å². The number of hydrogen-bond donors (Lipinski definition) is 0. The molecule has 61 valence electrons. The lowest BCUT2D eigenvalue weighted by Crippen LogP contribution is -1.79. The second-order valence-corrected chi connectivity index (χ2v) is 3.24. The Morgan fingerprint density at radius 3 is 3.00 bits per heavy atom. The molecule has 1 radical (unpaired) electrons. The highest BCUT2D eigenvalue weighted by Gasteiger charge is 2.02. The van der Waals surface area contributed by atoms with Crippen molar-refractivity contribution in [1.82, 2.24) is 0 Å². The standard InChI is InChI=1S/C11H17/c1-2-3-4-5-8-11-9-6-7-10-11/h1-2,9H,3-8,10H2. The summed E-state index contributed by atoms with van der Waals surface area (Å²) >= 11 is 0. The quantitative estimate of drug-likeness (QED) is 0.413. The van der Waals surface area contributed by atoms with Crippen molar-refractivity contribution in [2.75, 3.05) is 0 Å². The number of allylic oxidation sites excluding steroid dienone is 3. The highest BCUT2D eigenvalue weighted by molar-refractivity contribution is 5.06. The van der Waals surface area contributed by atoms with Gasteiger partial charge in [0.15, 0.2) is 0 Å². The Hall–Kier alpha value is -0.520. The topological polar surface area (TPSA) is 0 Å². The highest BCUT2D eigenvalue weighted by Crippen LogP contribution is 2.22. The molecule has 0 aliphatic heterocycles. The fourth-order valence-electron chi connectivity index (χ4n) is 1.58. The van der Waals surface area contributed by atoms with E-state index in [1.165, 1.54) is 38.5 Å². The lowest BCUT2D eigenvalue weighted by Gasteiger charge is -1.99. The summed E-state index contributed by atoms with van der Waals surface area (Å²) in [5.74, 6) is 0. The summed E-state index contributed by atoms with van der Waals surface area (Å²) in [6, 6.07) is 0. The Morgan fingerprint density at radius 1 is 1.45 bits per heavy atom. The predicted octanol–water partition coefficient (Wildman–Crippen LogP) is 3.65. The molecule has 11 heavy (non-hydrogen) atoms. The smallest absolute Gasteiger partial charge is 0.0317 e. The highest BCUT2D eigenvalue weighted by atomic mass is 14.1. The van der Waals surface area contributed by atoms with Crippen LogP contribution in [0.4, 0.5) is 0 Å². The lowest BCUT2D eigenvalue weighted by atomic mass is 10.1. The summed E-state index contributed by atoms with van der Waals surface area (Å²) in [4.78, 5) is 0. The van der Waals surface area contributed by atoms with E-state index in [0.717, 1.165) is 6.42 Å². The van der Waals surface area contributed by atoms with E-state index in [1.54, 1.807) is 11.6 Å². The molecule has 0 nitrogen and oxygen atoms in total. The summed E-state index contributed by atoms with van der Waals surface area (Å²) in [5, 5.41) is 0. The monoisotopic (exact) mass is 149 g/mol. The molecule has 0 heterocycles. The Morgan fingerprint density at radius 2 is 2.36 bits per heavy atom. The number of hydrogen-bond acceptors (Lipinski definition) is 0. The van der Waals surface area contributed by atoms with Gasteiger partial charge < -0.3 is 0 Å². The molecular weight excluding hydrogens is 132 g/mol. The van der Waals surface area contributed by atoms with Gasteiger partial charge in [0.05, 0.1) is 0 Å². The SMILES string of the molecule is [CH]=CCCCCC1=CCCC1. The summed E-state index contributed by atoms with van der Waals surface area (Å²) < 4.78 is 0. The van der Waals surface area contributed by atoms with Gasteiger partial charge in [0, 0.05) is 0 Å². The van der Waals surface area contributed by atoms with Gasteiger partial charge in [-0.3, -0.25) is 0 Å². The van der Waals surface area contributed by atoms with Crippen LogP contribution in [0.1, 0.15) is 44.9 Å². The molecule has 0 aromatic heterocycles. The van der Waals surface area contributed by atoms with Gasteiger partial charge in [-0.2, -0.15) is 0 Å². The van der Waals surface area contributed by atoms with E-state index >= 15 is 0 Å². The van der Waals surface area contributed by atoms with E-state index in [1.807, 2.05) is 0 Å². The Labute approximate surface area is 70.0 Å². The van der Waals surface area contributed by atoms with Crippen molar-refractivity contribution in [3.8, 4) is 0 Å². The van der Waals surface area contributed by atoms with E-state index in [4.69, 9.17) is 6.58 Å². The first-order valence-electron chi connectivity index (χ1n) is 4.65. The average molecular weight is 149 g/mol. The molecule has 0 aromatic rings. The minimum atomic E-state index is 1.08. The molecule has 0 bridgehead atoms. The van der Waals surface area contributed by atoms with Gasteiger partial charge in [-0.1, -0.05) is 24.3 Å². The van der Waals surface area contributed by atoms with E-state index in [2.05, 4.69) is 6.08 Å². The van der Waals surface area contributed by atoms with Crippen LogP contribution in [0.15, 0.2) is 17.7 Å². The van der Waals surface area contributed by atoms with Crippen molar-refractivity contribution in [2.24, 2.45) is 0 Å². The molecule has 0 unspecified atom stereocenters. The molecule has 1 rings (SSSR count). The van der Waals surface area contributed by atoms with Gasteiger partial charge in [-0.25, -0.2) is 0 Å². The molecular formula is C11H17. The van der Waals surface area contributed by atoms with Crippen molar-refractivity contribution >= 4 is 0 Å². The molecule has 0 fully saturated rings. The van der Waals surface area contributed by atoms with Gasteiger partial charge in [-0.05, 0) is 44.9 Å². The van der Waals surface area contributed by atoms with Gasteiger partial charge in [0.25, 0.3) is 0 Å². The molecule has 0 saturated heterocycles. The maximum atomic E-state index is 5.28. The van der Waals surface area contributed by atoms with Crippen LogP contribution in [0.2, 0.25) is 0 Å². The molecule has 0 heteroatoms. The second kappa shape index (κ2) is 5.17. The average Bonchev–Trinajstić information content (AvgIpc) is 2.50. The van der Waals surface area contributed by atoms with Crippen LogP contribution in [-0.4, -0.2) is 0 Å². The van der Waals surface area contributed by atoms with Crippen molar-refractivity contribution in [1.29, 1.82) is 0 Å². The maximum Gasteiger partial charge on any atom is -0.0317 e. The van der Waals surface area contributed by atoms with Gasteiger partial charge in [0.2, 0.25) is 0 Å². The third kappa shape index (κ3) is 3.41. The zero-order valence-electron chi connectivity index (χ0n) is 7.18. The molecule has 1 aliphatic rings. The van der Waals surface area contributed by atoms with Crippen LogP contribution in [0.25, 0.3) is 0 Å². The van der Waals surface area contributed by atoms with Crippen LogP contribution in [0.5, 0.6) is 0 Å². The first kappa shape index (κ1) is 8.58. The maximum absolute atomic E-state index is 5.28. The third-order valence-corrected chi connectivity index (χ3v) is 2.25. The molecule has 0 aromatic carbocycles. The molecule has 0 saturated carbocycles. The Kier molecular flexibility index (Phi) is 4.03. The van der Waals surface area contributed by atoms with Crippen molar-refractivity contribution in [2.45, 2.75) is 44.9 Å². The van der Waals surface area contributed by atoms with Crippen LogP contribution in [0.3, 0.4) is 0 Å². The van der Waals surface area contributed by atoms with Crippen LogP contribution in [0, 0.1) is 6.58 Å². The lowest BCUT2D eigenvalue weighted by molar-refractivity contribution is 0.725. The minimum Gasteiger partial charge on any atom is -0.0853 e. The first-order chi connectivity index (χ1) is 5.43. The molecule has 1 aliphatic carbocycles. The third-order valence-electron chi connectivity index (χ3n) is 2.25. The van der Waals surface area contributed by atoms with Crippen LogP contribution in [-0.2, 0) is 0 Å². The Bertz CT molecular complexity index is 142. The van der Waals surface area contributed by atoms with E-state index < -0.39 is 0 Å². The van der Waals surface area contributed by atoms with E-state index in [9.17, 15) is 0 Å². The fraction of sp³-hybridized carbons (Fsp3) is 0.636. The van der Waals surface area contributed by atoms with E-state index in [0.29, 0.717) is 0 Å². The molecule has 0 amide bonds. The summed E-state index contributed by atoms with van der Waals surface area (Å²) in [6.45, 7) is 5.28. The summed E-state index contributed by atoms with van der Waals surface area (Å²) in [5.41, 5.74) is 1.68. The normalized spacial score (nSPS) is 16.5. The number of unbranched alkanes of at least 4 members (excludes halogenated alkanes) is 2. The van der Waals surface area contributed by atoms with Gasteiger partial charge >= 0.3 is 0 Å². The fourth-order valence-corrected chi connectivity index (χ4v) is 1.58. The zero-order chi connectivity index (χ0) is 7.94. The predicted molar refractivity (Wildman–Crippen MR) is 49.3 cm³/mol. The summed E-state index contributed by atoms with van der Waals surface area (Å²) in [7, 11) is 0. The largest absolute Gasteiger partial charge is 0.0853 e. The van der Waals surface area contributed by atoms with Crippen LogP contribution < -0.4 is 0 Å². The molecule has 0 N–H and O–H groups in total. The van der Waals surface area contributed by atoms with Crippen molar-refractivity contribution in [3.05, 3.63) is 24.3 Å². The van der Waals surface area contributed by atoms with Gasteiger partial charge in [0.1, 0.15) is 0 Å². The van der Waals surface area contributed by atoms with Gasteiger partial charge in [-0.15, -0.1) is 0 Å². The molecule has 0 spiro atoms. The van der Waals surface area contributed by atoms with Crippen LogP contribution >= 0.6 is 0 Å². The Balaban J connectivity index is 1.98. The molecule has 0 atom stereocenters. The van der Waals surface area contributed by atoms with E-state index in [-0.39, 0.29) is 0 Å². The summed E-state index contributed by atoms with van der Waals surface area (Å²) in [6.07, 6.45) is 13.2. The first-order valence-corrected chi connectivity index (χ1v) is 4.65. The number of rotatable bonds is 5. The zero-order valence-corrected chi connectivity index (χ0v) is 7.18.